The summed E-state index contributed by atoms with van der Waals surface area (Å²) in [5.41, 5.74) is 1.73. The van der Waals surface area contributed by atoms with Crippen molar-refractivity contribution in [2.45, 2.75) is 39.2 Å². The Balaban J connectivity index is 1.62. The molecule has 0 aromatic heterocycles. The number of hydrogen-bond donors (Lipinski definition) is 4. The highest BCUT2D eigenvalue weighted by Gasteiger charge is 2.22. The summed E-state index contributed by atoms with van der Waals surface area (Å²) in [6.45, 7) is 6.54. The molecule has 0 aliphatic carbocycles. The van der Waals surface area contributed by atoms with Crippen molar-refractivity contribution in [1.29, 1.82) is 0 Å². The Labute approximate surface area is 166 Å². The van der Waals surface area contributed by atoms with Gasteiger partial charge in [0.1, 0.15) is 0 Å². The van der Waals surface area contributed by atoms with Gasteiger partial charge in [0, 0.05) is 31.4 Å². The maximum atomic E-state index is 12.1. The fraction of sp³-hybridized carbons (Fsp3) is 0.550. The molecule has 0 saturated carbocycles. The number of nitrogens with zero attached hydrogens (tertiary/aromatic N) is 1. The van der Waals surface area contributed by atoms with E-state index in [2.05, 4.69) is 26.2 Å². The third kappa shape index (κ3) is 7.96. The van der Waals surface area contributed by atoms with E-state index in [0.717, 1.165) is 37.9 Å². The number of piperidine rings is 1. The first-order chi connectivity index (χ1) is 13.5. The topological polar surface area (TPSA) is 103 Å². The lowest BCUT2D eigenvalue weighted by atomic mass is 10.1. The van der Waals surface area contributed by atoms with Gasteiger partial charge in [-0.1, -0.05) is 19.1 Å². The van der Waals surface area contributed by atoms with Crippen molar-refractivity contribution in [3.63, 3.8) is 0 Å². The zero-order valence-electron chi connectivity index (χ0n) is 16.7. The van der Waals surface area contributed by atoms with E-state index in [1.54, 1.807) is 6.07 Å². The maximum Gasteiger partial charge on any atom is 0.319 e. The van der Waals surface area contributed by atoms with Gasteiger partial charge >= 0.3 is 6.03 Å². The van der Waals surface area contributed by atoms with Gasteiger partial charge in [-0.25, -0.2) is 4.79 Å². The molecule has 1 aromatic carbocycles. The second-order valence-electron chi connectivity index (χ2n) is 7.15. The molecule has 1 aliphatic heterocycles. The van der Waals surface area contributed by atoms with Crippen LogP contribution in [0.25, 0.3) is 0 Å². The molecule has 0 bridgehead atoms. The Hall–Kier alpha value is -2.61. The molecule has 4 N–H and O–H groups in total. The van der Waals surface area contributed by atoms with E-state index in [4.69, 9.17) is 0 Å². The van der Waals surface area contributed by atoms with Crippen LogP contribution in [-0.4, -0.2) is 61.5 Å². The van der Waals surface area contributed by atoms with Crippen molar-refractivity contribution in [1.82, 2.24) is 20.9 Å². The first kappa shape index (κ1) is 21.7. The van der Waals surface area contributed by atoms with Crippen molar-refractivity contribution < 1.29 is 14.4 Å². The normalized spacial score (nSPS) is 14.9. The molecule has 8 nitrogen and oxygen atoms in total. The van der Waals surface area contributed by atoms with E-state index in [9.17, 15) is 14.4 Å². The van der Waals surface area contributed by atoms with Gasteiger partial charge in [-0.3, -0.25) is 14.5 Å². The monoisotopic (exact) mass is 389 g/mol. The minimum Gasteiger partial charge on any atom is -0.355 e. The van der Waals surface area contributed by atoms with Crippen molar-refractivity contribution >= 4 is 23.5 Å². The summed E-state index contributed by atoms with van der Waals surface area (Å²) in [7, 11) is 0. The number of carbonyl (C=O) groups is 3. The first-order valence-corrected chi connectivity index (χ1v) is 9.86. The minimum absolute atomic E-state index is 0.0492. The fourth-order valence-electron chi connectivity index (χ4n) is 3.10. The summed E-state index contributed by atoms with van der Waals surface area (Å²) in [4.78, 5) is 37.8. The number of rotatable bonds is 8. The largest absolute Gasteiger partial charge is 0.355 e. The Bertz CT molecular complexity index is 672. The number of nitrogens with one attached hydrogen (secondary N) is 4. The lowest BCUT2D eigenvalue weighted by Crippen LogP contribution is -2.49. The van der Waals surface area contributed by atoms with Gasteiger partial charge in [0.05, 0.1) is 13.1 Å². The van der Waals surface area contributed by atoms with Crippen LogP contribution >= 0.6 is 0 Å². The average molecular weight is 390 g/mol. The van der Waals surface area contributed by atoms with Gasteiger partial charge in [-0.15, -0.1) is 0 Å². The molecule has 0 radical (unpaired) electrons. The molecule has 4 amide bonds. The van der Waals surface area contributed by atoms with Gasteiger partial charge in [-0.2, -0.15) is 0 Å². The molecule has 1 aliphatic rings. The third-order valence-corrected chi connectivity index (χ3v) is 4.58. The predicted octanol–water partition coefficient (Wildman–Crippen LogP) is 1.22. The van der Waals surface area contributed by atoms with E-state index in [-0.39, 0.29) is 24.4 Å². The predicted molar refractivity (Wildman–Crippen MR) is 109 cm³/mol. The number of urea groups is 1. The van der Waals surface area contributed by atoms with Crippen molar-refractivity contribution in [3.8, 4) is 0 Å². The molecule has 0 atom stereocenters. The lowest BCUT2D eigenvalue weighted by molar-refractivity contribution is -0.123. The first-order valence-electron chi connectivity index (χ1n) is 9.86. The second-order valence-corrected chi connectivity index (χ2v) is 7.15. The molecular formula is C20H31N5O3. The molecule has 8 heteroatoms. The van der Waals surface area contributed by atoms with Crippen molar-refractivity contribution in [2.75, 3.05) is 38.0 Å². The smallest absolute Gasteiger partial charge is 0.319 e. The molecule has 2 rings (SSSR count). The Morgan fingerprint density at radius 3 is 2.54 bits per heavy atom. The van der Waals surface area contributed by atoms with Crippen LogP contribution in [0.2, 0.25) is 0 Å². The number of benzene rings is 1. The van der Waals surface area contributed by atoms with Gasteiger partial charge in [0.2, 0.25) is 11.8 Å². The number of aryl methyl sites for hydroxylation is 1. The summed E-state index contributed by atoms with van der Waals surface area (Å²) in [6.07, 6.45) is 2.52. The zero-order valence-corrected chi connectivity index (χ0v) is 16.7. The number of likely N-dealkylation sites (tertiary alicyclic amines) is 1. The Morgan fingerprint density at radius 1 is 1.11 bits per heavy atom. The lowest BCUT2D eigenvalue weighted by Gasteiger charge is -2.31. The van der Waals surface area contributed by atoms with Gasteiger partial charge in [0.25, 0.3) is 0 Å². The van der Waals surface area contributed by atoms with Crippen LogP contribution in [0.5, 0.6) is 0 Å². The molecule has 154 valence electrons. The molecule has 0 spiro atoms. The maximum absolute atomic E-state index is 12.1. The molecule has 1 aromatic rings. The van der Waals surface area contributed by atoms with Gasteiger partial charge in [-0.05, 0) is 43.9 Å². The summed E-state index contributed by atoms with van der Waals surface area (Å²) in [5.74, 6) is -0.160. The average Bonchev–Trinajstić information content (AvgIpc) is 2.66. The van der Waals surface area contributed by atoms with Crippen LogP contribution in [0.3, 0.4) is 0 Å². The van der Waals surface area contributed by atoms with Gasteiger partial charge < -0.3 is 21.3 Å². The molecule has 28 heavy (non-hydrogen) atoms. The quantitative estimate of drug-likeness (QED) is 0.537. The van der Waals surface area contributed by atoms with Crippen LogP contribution in [-0.2, 0) is 9.59 Å². The number of carbonyl (C=O) groups excluding carboxylic acids is 3. The highest BCUT2D eigenvalue weighted by Crippen LogP contribution is 2.10. The minimum atomic E-state index is -0.409. The van der Waals surface area contributed by atoms with Crippen molar-refractivity contribution in [3.05, 3.63) is 29.8 Å². The summed E-state index contributed by atoms with van der Waals surface area (Å²) in [6, 6.07) is 7.12. The van der Waals surface area contributed by atoms with Crippen LogP contribution in [0.15, 0.2) is 24.3 Å². The van der Waals surface area contributed by atoms with Crippen molar-refractivity contribution in [2.24, 2.45) is 0 Å². The number of anilines is 1. The van der Waals surface area contributed by atoms with Crippen LogP contribution in [0, 0.1) is 6.92 Å². The zero-order chi connectivity index (χ0) is 20.4. The van der Waals surface area contributed by atoms with Gasteiger partial charge in [0.15, 0.2) is 0 Å². The second kappa shape index (κ2) is 11.3. The van der Waals surface area contributed by atoms with E-state index in [1.807, 2.05) is 32.0 Å². The highest BCUT2D eigenvalue weighted by atomic mass is 16.2. The molecule has 1 saturated heterocycles. The van der Waals surface area contributed by atoms with E-state index in [0.29, 0.717) is 18.8 Å². The summed E-state index contributed by atoms with van der Waals surface area (Å²) in [5, 5.41) is 11.1. The standard InChI is InChI=1S/C20H31N5O3/c1-3-9-21-19(27)14-25-10-7-16(8-11-25)23-18(26)13-22-20(28)24-17-6-4-5-15(2)12-17/h4-6,12,16H,3,7-11,13-14H2,1-2H3,(H,21,27)(H,23,26)(H2,22,24,28). The van der Waals surface area contributed by atoms with E-state index in [1.165, 1.54) is 0 Å². The Kier molecular flexibility index (Phi) is 8.74. The third-order valence-electron chi connectivity index (χ3n) is 4.58. The molecule has 1 heterocycles. The molecule has 1 fully saturated rings. The van der Waals surface area contributed by atoms with E-state index >= 15 is 0 Å². The molecule has 0 unspecified atom stereocenters. The summed E-state index contributed by atoms with van der Waals surface area (Å²) >= 11 is 0. The Morgan fingerprint density at radius 2 is 1.86 bits per heavy atom. The molecular weight excluding hydrogens is 358 g/mol. The number of amides is 4. The van der Waals surface area contributed by atoms with Crippen LogP contribution < -0.4 is 21.3 Å². The van der Waals surface area contributed by atoms with Crippen LogP contribution in [0.1, 0.15) is 31.7 Å². The highest BCUT2D eigenvalue weighted by molar-refractivity contribution is 5.92. The summed E-state index contributed by atoms with van der Waals surface area (Å²) < 4.78 is 0. The SMILES string of the molecule is CCCNC(=O)CN1CCC(NC(=O)CNC(=O)Nc2cccc(C)c2)CC1. The van der Waals surface area contributed by atoms with E-state index < -0.39 is 6.03 Å². The number of hydrogen-bond acceptors (Lipinski definition) is 4. The fourth-order valence-corrected chi connectivity index (χ4v) is 3.10. The van der Waals surface area contributed by atoms with Crippen LogP contribution in [0.4, 0.5) is 10.5 Å².